The predicted molar refractivity (Wildman–Crippen MR) is 93.7 cm³/mol. The van der Waals surface area contributed by atoms with Crippen LogP contribution in [-0.4, -0.2) is 17.9 Å². The number of hydrogen-bond acceptors (Lipinski definition) is 3. The molecule has 1 heterocycles. The van der Waals surface area contributed by atoms with Gasteiger partial charge in [-0.15, -0.1) is 11.3 Å². The van der Waals surface area contributed by atoms with E-state index < -0.39 is 6.04 Å². The Morgan fingerprint density at radius 1 is 1.22 bits per heavy atom. The van der Waals surface area contributed by atoms with Crippen LogP contribution in [0.1, 0.15) is 29.1 Å². The number of carbonyl (C=O) groups is 2. The minimum Gasteiger partial charge on any atom is -0.350 e. The van der Waals surface area contributed by atoms with E-state index in [1.165, 1.54) is 11.3 Å². The fourth-order valence-corrected chi connectivity index (χ4v) is 2.94. The summed E-state index contributed by atoms with van der Waals surface area (Å²) in [7, 11) is 0. The van der Waals surface area contributed by atoms with E-state index >= 15 is 0 Å². The molecule has 2 amide bonds. The molecule has 4 nitrogen and oxygen atoms in total. The van der Waals surface area contributed by atoms with Crippen LogP contribution in [0.3, 0.4) is 0 Å². The van der Waals surface area contributed by atoms with Crippen LogP contribution in [0, 0.1) is 5.92 Å². The molecule has 1 aromatic heterocycles. The molecule has 0 fully saturated rings. The molecule has 2 rings (SSSR count). The number of amides is 2. The number of halogens is 1. The zero-order valence-corrected chi connectivity index (χ0v) is 14.6. The molecule has 0 spiro atoms. The van der Waals surface area contributed by atoms with Crippen molar-refractivity contribution < 1.29 is 9.59 Å². The second-order valence-electron chi connectivity index (χ2n) is 5.52. The van der Waals surface area contributed by atoms with Crippen molar-refractivity contribution in [3.8, 4) is 0 Å². The molecular formula is C17H19ClN2O2S. The summed E-state index contributed by atoms with van der Waals surface area (Å²) in [6.07, 6.45) is 0. The van der Waals surface area contributed by atoms with Crippen molar-refractivity contribution in [1.29, 1.82) is 0 Å². The van der Waals surface area contributed by atoms with E-state index in [1.54, 1.807) is 18.2 Å². The smallest absolute Gasteiger partial charge is 0.262 e. The summed E-state index contributed by atoms with van der Waals surface area (Å²) in [5.74, 6) is -0.445. The first-order valence-electron chi connectivity index (χ1n) is 7.34. The molecule has 2 N–H and O–H groups in total. The van der Waals surface area contributed by atoms with Gasteiger partial charge in [0.15, 0.2) is 0 Å². The lowest BCUT2D eigenvalue weighted by Crippen LogP contribution is -2.49. The molecule has 23 heavy (non-hydrogen) atoms. The van der Waals surface area contributed by atoms with Crippen molar-refractivity contribution in [3.05, 3.63) is 57.2 Å². The van der Waals surface area contributed by atoms with Crippen LogP contribution in [0.4, 0.5) is 0 Å². The highest BCUT2D eigenvalue weighted by molar-refractivity contribution is 7.12. The maximum atomic E-state index is 12.4. The van der Waals surface area contributed by atoms with Crippen molar-refractivity contribution in [2.24, 2.45) is 5.92 Å². The number of nitrogens with one attached hydrogen (secondary N) is 2. The molecule has 1 atom stereocenters. The van der Waals surface area contributed by atoms with Gasteiger partial charge in [0.2, 0.25) is 5.91 Å². The summed E-state index contributed by atoms with van der Waals surface area (Å²) in [5.41, 5.74) is 0.915. The van der Waals surface area contributed by atoms with Gasteiger partial charge in [-0.1, -0.05) is 43.6 Å². The molecular weight excluding hydrogens is 332 g/mol. The predicted octanol–water partition coefficient (Wildman–Crippen LogP) is 3.47. The van der Waals surface area contributed by atoms with Crippen LogP contribution < -0.4 is 10.6 Å². The van der Waals surface area contributed by atoms with Gasteiger partial charge in [-0.05, 0) is 35.1 Å². The van der Waals surface area contributed by atoms with E-state index in [4.69, 9.17) is 11.6 Å². The van der Waals surface area contributed by atoms with Crippen LogP contribution in [0.15, 0.2) is 41.8 Å². The number of carbonyl (C=O) groups excluding carboxylic acids is 2. The maximum absolute atomic E-state index is 12.4. The van der Waals surface area contributed by atoms with E-state index in [1.807, 2.05) is 37.4 Å². The Hall–Kier alpha value is -1.85. The molecule has 0 aliphatic heterocycles. The van der Waals surface area contributed by atoms with E-state index in [0.29, 0.717) is 16.4 Å². The first-order valence-corrected chi connectivity index (χ1v) is 8.59. The Bertz CT molecular complexity index is 671. The summed E-state index contributed by atoms with van der Waals surface area (Å²) in [4.78, 5) is 25.1. The Balaban J connectivity index is 1.97. The van der Waals surface area contributed by atoms with Crippen LogP contribution in [0.2, 0.25) is 5.02 Å². The average Bonchev–Trinajstić information content (AvgIpc) is 3.04. The Morgan fingerprint density at radius 3 is 2.61 bits per heavy atom. The van der Waals surface area contributed by atoms with Gasteiger partial charge in [0.25, 0.3) is 5.91 Å². The van der Waals surface area contributed by atoms with Gasteiger partial charge in [-0.3, -0.25) is 9.59 Å². The Labute approximate surface area is 144 Å². The van der Waals surface area contributed by atoms with Crippen molar-refractivity contribution in [2.75, 3.05) is 0 Å². The topological polar surface area (TPSA) is 58.2 Å². The summed E-state index contributed by atoms with van der Waals surface area (Å²) in [6.45, 7) is 4.17. The monoisotopic (exact) mass is 350 g/mol. The van der Waals surface area contributed by atoms with Gasteiger partial charge in [-0.25, -0.2) is 0 Å². The number of hydrogen-bond donors (Lipinski definition) is 2. The van der Waals surface area contributed by atoms with Crippen LogP contribution in [0.25, 0.3) is 0 Å². The largest absolute Gasteiger partial charge is 0.350 e. The molecule has 1 aromatic carbocycles. The molecule has 0 saturated heterocycles. The van der Waals surface area contributed by atoms with E-state index in [0.717, 1.165) is 5.56 Å². The third-order valence-electron chi connectivity index (χ3n) is 3.34. The van der Waals surface area contributed by atoms with Crippen LogP contribution in [-0.2, 0) is 11.3 Å². The van der Waals surface area contributed by atoms with E-state index in [9.17, 15) is 9.59 Å². The summed E-state index contributed by atoms with van der Waals surface area (Å²) in [5, 5.41) is 8.11. The lowest BCUT2D eigenvalue weighted by Gasteiger charge is -2.21. The van der Waals surface area contributed by atoms with Gasteiger partial charge >= 0.3 is 0 Å². The van der Waals surface area contributed by atoms with Crippen molar-refractivity contribution in [2.45, 2.75) is 26.4 Å². The van der Waals surface area contributed by atoms with Crippen molar-refractivity contribution in [3.63, 3.8) is 0 Å². The maximum Gasteiger partial charge on any atom is 0.262 e. The highest BCUT2D eigenvalue weighted by Gasteiger charge is 2.24. The minimum absolute atomic E-state index is 0.0155. The summed E-state index contributed by atoms with van der Waals surface area (Å²) >= 11 is 7.28. The Morgan fingerprint density at radius 2 is 2.00 bits per heavy atom. The molecule has 0 saturated carbocycles. The molecule has 122 valence electrons. The fraction of sp³-hybridized carbons (Fsp3) is 0.294. The van der Waals surface area contributed by atoms with E-state index in [2.05, 4.69) is 10.6 Å². The van der Waals surface area contributed by atoms with Crippen molar-refractivity contribution in [1.82, 2.24) is 10.6 Å². The third kappa shape index (κ3) is 5.08. The highest BCUT2D eigenvalue weighted by Crippen LogP contribution is 2.12. The summed E-state index contributed by atoms with van der Waals surface area (Å²) in [6, 6.07) is 10.3. The van der Waals surface area contributed by atoms with Crippen LogP contribution >= 0.6 is 22.9 Å². The number of thiophene rings is 1. The first kappa shape index (κ1) is 17.5. The van der Waals surface area contributed by atoms with Crippen LogP contribution in [0.5, 0.6) is 0 Å². The molecule has 0 radical (unpaired) electrons. The second kappa shape index (κ2) is 8.13. The third-order valence-corrected chi connectivity index (χ3v) is 4.44. The van der Waals surface area contributed by atoms with Gasteiger partial charge in [0.1, 0.15) is 6.04 Å². The van der Waals surface area contributed by atoms with Gasteiger partial charge in [-0.2, -0.15) is 0 Å². The second-order valence-corrected chi connectivity index (χ2v) is 6.90. The highest BCUT2D eigenvalue weighted by atomic mass is 35.5. The zero-order chi connectivity index (χ0) is 16.8. The SMILES string of the molecule is CC(C)C(NC(=O)c1cccs1)C(=O)NCc1cccc(Cl)c1. The summed E-state index contributed by atoms with van der Waals surface area (Å²) < 4.78 is 0. The average molecular weight is 351 g/mol. The van der Waals surface area contributed by atoms with Gasteiger partial charge < -0.3 is 10.6 Å². The molecule has 2 aromatic rings. The standard InChI is InChI=1S/C17H19ClN2O2S/c1-11(2)15(20-16(21)14-7-4-8-23-14)17(22)19-10-12-5-3-6-13(18)9-12/h3-9,11,15H,10H2,1-2H3,(H,19,22)(H,20,21). The molecule has 0 aliphatic rings. The number of benzene rings is 1. The molecule has 1 unspecified atom stereocenters. The van der Waals surface area contributed by atoms with Gasteiger partial charge in [0, 0.05) is 11.6 Å². The van der Waals surface area contributed by atoms with Crippen molar-refractivity contribution >= 4 is 34.8 Å². The zero-order valence-electron chi connectivity index (χ0n) is 13.0. The fourth-order valence-electron chi connectivity index (χ4n) is 2.10. The Kier molecular flexibility index (Phi) is 6.19. The molecule has 6 heteroatoms. The minimum atomic E-state index is -0.580. The molecule has 0 bridgehead atoms. The number of rotatable bonds is 6. The first-order chi connectivity index (χ1) is 11.0. The molecule has 0 aliphatic carbocycles. The lowest BCUT2D eigenvalue weighted by atomic mass is 10.0. The van der Waals surface area contributed by atoms with E-state index in [-0.39, 0.29) is 17.7 Å². The van der Waals surface area contributed by atoms with Gasteiger partial charge in [0.05, 0.1) is 4.88 Å². The normalized spacial score (nSPS) is 12.0. The quantitative estimate of drug-likeness (QED) is 0.838. The lowest BCUT2D eigenvalue weighted by molar-refractivity contribution is -0.124.